The van der Waals surface area contributed by atoms with Gasteiger partial charge in [-0.25, -0.2) is 0 Å². The van der Waals surface area contributed by atoms with Crippen molar-refractivity contribution in [1.29, 1.82) is 0 Å². The fourth-order valence-corrected chi connectivity index (χ4v) is 0. The van der Waals surface area contributed by atoms with E-state index in [-0.39, 0.29) is 94.2 Å². The van der Waals surface area contributed by atoms with Crippen LogP contribution in [-0.4, -0.2) is 35.9 Å². The Bertz CT molecular complexity index is 7.61. The fraction of sp³-hybridized carbons (Fsp3) is 0. The molecule has 0 bridgehead atoms. The molecule has 0 amide bonds. The van der Waals surface area contributed by atoms with Crippen LogP contribution in [0.4, 0.5) is 0 Å². The first-order chi connectivity index (χ1) is 0. The maximum absolute atomic E-state index is 0. The first-order valence-corrected chi connectivity index (χ1v) is 0. The van der Waals surface area contributed by atoms with Gasteiger partial charge < -0.3 is 13.5 Å². The third-order valence-electron chi connectivity index (χ3n) is 0. The second-order valence-corrected chi connectivity index (χ2v) is 0. The standard InChI is InChI=1S/2Ag.2As.S/q2*+1;;;-2. The Morgan fingerprint density at radius 1 is 0.600 bits per heavy atom. The first kappa shape index (κ1) is 44.2. The third kappa shape index (κ3) is 19.6. The average Bonchev–Trinajstić information content (AvgIpc) is 0. The maximum Gasteiger partial charge on any atom is 1.00 e. The Balaban J connectivity index is 0. The summed E-state index contributed by atoms with van der Waals surface area (Å²) in [5, 5.41) is 0. The van der Waals surface area contributed by atoms with Crippen LogP contribution in [0.1, 0.15) is 0 Å². The molecule has 0 aliphatic rings. The zero-order valence-electron chi connectivity index (χ0n) is 1.91. The van der Waals surface area contributed by atoms with Crippen LogP contribution in [0, 0.1) is 0 Å². The van der Waals surface area contributed by atoms with E-state index in [0.717, 1.165) is 0 Å². The van der Waals surface area contributed by atoms with E-state index in [9.17, 15) is 0 Å². The van der Waals surface area contributed by atoms with E-state index in [0.29, 0.717) is 0 Å². The van der Waals surface area contributed by atoms with Crippen molar-refractivity contribution < 1.29 is 44.8 Å². The molecule has 0 aliphatic carbocycles. The van der Waals surface area contributed by atoms with Gasteiger partial charge in [0.15, 0.2) is 0 Å². The van der Waals surface area contributed by atoms with Crippen LogP contribution in [0.2, 0.25) is 0 Å². The molecule has 5 heavy (non-hydrogen) atoms. The summed E-state index contributed by atoms with van der Waals surface area (Å²) in [6.45, 7) is 0. The SMILES string of the molecule is [Ag+].[Ag+].[As].[As].[S-2]. The Hall–Kier alpha value is 2.95. The van der Waals surface area contributed by atoms with Crippen LogP contribution >= 0.6 is 0 Å². The molecule has 0 aromatic carbocycles. The van der Waals surface area contributed by atoms with Crippen LogP contribution in [0.15, 0.2) is 0 Å². The minimum absolute atomic E-state index is 0. The quantitative estimate of drug-likeness (QED) is 0.471. The molecule has 0 aromatic rings. The molecule has 0 saturated heterocycles. The van der Waals surface area contributed by atoms with E-state index >= 15 is 0 Å². The van der Waals surface area contributed by atoms with E-state index < -0.39 is 0 Å². The summed E-state index contributed by atoms with van der Waals surface area (Å²) >= 11 is 0. The van der Waals surface area contributed by atoms with Gasteiger partial charge in [-0.2, -0.15) is 0 Å². The molecule has 0 saturated carbocycles. The summed E-state index contributed by atoms with van der Waals surface area (Å²) < 4.78 is 0. The topological polar surface area (TPSA) is 0 Å². The Labute approximate surface area is 92.7 Å². The predicted molar refractivity (Wildman–Crippen MR) is 18.9 cm³/mol. The molecule has 0 spiro atoms. The zero-order valence-corrected chi connectivity index (χ0v) is 9.44. The summed E-state index contributed by atoms with van der Waals surface area (Å²) in [7, 11) is 0. The molecule has 0 N–H and O–H groups in total. The summed E-state index contributed by atoms with van der Waals surface area (Å²) in [6.07, 6.45) is 0. The van der Waals surface area contributed by atoms with Gasteiger partial charge in [0.2, 0.25) is 0 Å². The number of hydrogen-bond acceptors (Lipinski definition) is 0. The van der Waals surface area contributed by atoms with Crippen molar-refractivity contribution >= 4 is 49.4 Å². The monoisotopic (exact) mass is 396 g/mol. The van der Waals surface area contributed by atoms with Gasteiger partial charge in [0, 0.05) is 35.9 Å². The van der Waals surface area contributed by atoms with Gasteiger partial charge in [-0.1, -0.05) is 0 Å². The molecule has 0 heterocycles. The molecule has 38 valence electrons. The van der Waals surface area contributed by atoms with Crippen molar-refractivity contribution in [2.24, 2.45) is 0 Å². The zero-order chi connectivity index (χ0) is 0. The first-order valence-electron chi connectivity index (χ1n) is 0. The van der Waals surface area contributed by atoms with Gasteiger partial charge >= 0.3 is 44.8 Å². The molecule has 0 unspecified atom stereocenters. The molecule has 5 heteroatoms. The van der Waals surface area contributed by atoms with E-state index in [2.05, 4.69) is 0 Å². The second-order valence-electron chi connectivity index (χ2n) is 0. The van der Waals surface area contributed by atoms with E-state index in [1.54, 1.807) is 0 Å². The van der Waals surface area contributed by atoms with Crippen molar-refractivity contribution in [3.63, 3.8) is 0 Å². The van der Waals surface area contributed by atoms with Crippen molar-refractivity contribution in [3.05, 3.63) is 0 Å². The van der Waals surface area contributed by atoms with Crippen LogP contribution in [-0.2, 0) is 58.3 Å². The van der Waals surface area contributed by atoms with Crippen LogP contribution in [0.3, 0.4) is 0 Å². The summed E-state index contributed by atoms with van der Waals surface area (Å²) in [4.78, 5) is 0. The number of rotatable bonds is 0. The minimum atomic E-state index is 0. The molecule has 0 atom stereocenters. The predicted octanol–water partition coefficient (Wildman–Crippen LogP) is -0.769. The average molecular weight is 398 g/mol. The van der Waals surface area contributed by atoms with Crippen molar-refractivity contribution in [1.82, 2.24) is 0 Å². The van der Waals surface area contributed by atoms with Crippen molar-refractivity contribution in [2.75, 3.05) is 0 Å². The molecule has 0 fully saturated rings. The Morgan fingerprint density at radius 2 is 0.600 bits per heavy atom. The largest absolute Gasteiger partial charge is 2.00 e. The summed E-state index contributed by atoms with van der Waals surface area (Å²) in [5.74, 6) is 0. The minimum Gasteiger partial charge on any atom is -2.00 e. The van der Waals surface area contributed by atoms with Crippen molar-refractivity contribution in [3.8, 4) is 0 Å². The van der Waals surface area contributed by atoms with E-state index in [1.165, 1.54) is 0 Å². The molecule has 0 nitrogen and oxygen atoms in total. The summed E-state index contributed by atoms with van der Waals surface area (Å²) in [6, 6.07) is 0. The van der Waals surface area contributed by atoms with Gasteiger partial charge in [-0.05, 0) is 0 Å². The van der Waals surface area contributed by atoms with Crippen LogP contribution in [0.25, 0.3) is 0 Å². The van der Waals surface area contributed by atoms with Crippen molar-refractivity contribution in [2.45, 2.75) is 0 Å². The molecule has 0 aliphatic heterocycles. The van der Waals surface area contributed by atoms with E-state index in [4.69, 9.17) is 0 Å². The van der Waals surface area contributed by atoms with Gasteiger partial charge in [-0.15, -0.1) is 0 Å². The number of hydrogen-bond donors (Lipinski definition) is 0. The summed E-state index contributed by atoms with van der Waals surface area (Å²) in [5.41, 5.74) is 0. The molecule has 0 aromatic heterocycles. The maximum atomic E-state index is 0. The Kier molecular flexibility index (Phi) is 250. The smallest absolute Gasteiger partial charge is 1.00 e. The van der Waals surface area contributed by atoms with Gasteiger partial charge in [0.1, 0.15) is 0 Å². The molecule has 6 radical (unpaired) electrons. The van der Waals surface area contributed by atoms with Gasteiger partial charge in [0.25, 0.3) is 0 Å². The molecular weight excluding hydrogens is 398 g/mol. The van der Waals surface area contributed by atoms with Crippen LogP contribution in [0.5, 0.6) is 0 Å². The van der Waals surface area contributed by atoms with Crippen LogP contribution < -0.4 is 0 Å². The van der Waals surface area contributed by atoms with Gasteiger partial charge in [-0.3, -0.25) is 0 Å². The third-order valence-corrected chi connectivity index (χ3v) is 0. The fourth-order valence-electron chi connectivity index (χ4n) is 0. The van der Waals surface area contributed by atoms with E-state index in [1.807, 2.05) is 0 Å². The molecular formula is Ag2As2S. The van der Waals surface area contributed by atoms with Gasteiger partial charge in [0.05, 0.1) is 0 Å². The second kappa shape index (κ2) is 28.3. The normalized spacial score (nSPS) is 0. The Morgan fingerprint density at radius 3 is 0.600 bits per heavy atom. The molecule has 0 rings (SSSR count).